The van der Waals surface area contributed by atoms with Crippen molar-refractivity contribution in [3.05, 3.63) is 71.8 Å². The predicted molar refractivity (Wildman–Crippen MR) is 96.9 cm³/mol. The van der Waals surface area contributed by atoms with Crippen LogP contribution in [-0.4, -0.2) is 48.2 Å². The van der Waals surface area contributed by atoms with E-state index < -0.39 is 18.2 Å². The Morgan fingerprint density at radius 2 is 1.63 bits per heavy atom. The summed E-state index contributed by atoms with van der Waals surface area (Å²) in [7, 11) is 0. The van der Waals surface area contributed by atoms with E-state index in [-0.39, 0.29) is 31.6 Å². The summed E-state index contributed by atoms with van der Waals surface area (Å²) in [6, 6.07) is 18.6. The van der Waals surface area contributed by atoms with Crippen molar-refractivity contribution < 1.29 is 23.8 Å². The molecule has 0 saturated carbocycles. The molecule has 2 aliphatic rings. The molecule has 2 aromatic carbocycles. The molecule has 0 aliphatic carbocycles. The van der Waals surface area contributed by atoms with E-state index in [1.807, 2.05) is 60.7 Å². The molecule has 2 aliphatic heterocycles. The minimum atomic E-state index is -0.631. The maximum atomic E-state index is 12.6. The van der Waals surface area contributed by atoms with E-state index in [2.05, 4.69) is 0 Å². The highest BCUT2D eigenvalue weighted by molar-refractivity contribution is 5.91. The number of carbonyl (C=O) groups excluding carboxylic acids is 2. The number of carbonyl (C=O) groups is 2. The molecule has 3 atom stereocenters. The highest BCUT2D eigenvalue weighted by Gasteiger charge is 2.53. The molecule has 4 rings (SSSR count). The van der Waals surface area contributed by atoms with Crippen LogP contribution in [0.5, 0.6) is 0 Å². The van der Waals surface area contributed by atoms with E-state index in [0.717, 1.165) is 11.1 Å². The monoisotopic (exact) mass is 367 g/mol. The molecule has 2 heterocycles. The zero-order valence-corrected chi connectivity index (χ0v) is 14.8. The van der Waals surface area contributed by atoms with Crippen molar-refractivity contribution in [3.63, 3.8) is 0 Å². The first-order valence-electron chi connectivity index (χ1n) is 8.99. The van der Waals surface area contributed by atoms with Crippen molar-refractivity contribution in [1.82, 2.24) is 4.90 Å². The lowest BCUT2D eigenvalue weighted by atomic mass is 10.1. The smallest absolute Gasteiger partial charge is 0.410 e. The lowest BCUT2D eigenvalue weighted by molar-refractivity contribution is -0.121. The van der Waals surface area contributed by atoms with Crippen LogP contribution in [-0.2, 0) is 32.2 Å². The Bertz CT molecular complexity index is 795. The Morgan fingerprint density at radius 1 is 1.00 bits per heavy atom. The van der Waals surface area contributed by atoms with Crippen LogP contribution in [0.25, 0.3) is 0 Å². The Hall–Kier alpha value is -2.70. The van der Waals surface area contributed by atoms with Crippen LogP contribution in [0, 0.1) is 0 Å². The molecule has 0 bridgehead atoms. The quantitative estimate of drug-likeness (QED) is 0.813. The van der Waals surface area contributed by atoms with E-state index in [9.17, 15) is 9.59 Å². The van der Waals surface area contributed by atoms with Gasteiger partial charge in [-0.1, -0.05) is 60.7 Å². The fourth-order valence-corrected chi connectivity index (χ4v) is 3.53. The number of ketones is 1. The number of benzene rings is 2. The molecule has 0 radical (unpaired) electrons. The maximum absolute atomic E-state index is 12.6. The van der Waals surface area contributed by atoms with Crippen molar-refractivity contribution in [2.45, 2.75) is 31.5 Å². The Balaban J connectivity index is 1.40. The number of hydrogen-bond donors (Lipinski definition) is 0. The lowest BCUT2D eigenvalue weighted by Gasteiger charge is -2.20. The molecule has 6 nitrogen and oxygen atoms in total. The highest BCUT2D eigenvalue weighted by atomic mass is 16.6. The molecule has 140 valence electrons. The molecule has 27 heavy (non-hydrogen) atoms. The third-order valence-electron chi connectivity index (χ3n) is 4.88. The second kappa shape index (κ2) is 7.90. The first kappa shape index (κ1) is 17.7. The molecule has 0 aromatic heterocycles. The average molecular weight is 367 g/mol. The van der Waals surface area contributed by atoms with Gasteiger partial charge in [0.2, 0.25) is 0 Å². The van der Waals surface area contributed by atoms with Crippen molar-refractivity contribution >= 4 is 11.9 Å². The SMILES string of the molecule is O=C1CO[C@@H]2C(OCc3ccccc3)CN(C(=O)OCc3ccccc3)[C@H]12. The summed E-state index contributed by atoms with van der Waals surface area (Å²) in [4.78, 5) is 26.2. The number of fused-ring (bicyclic) bond motifs is 1. The van der Waals surface area contributed by atoms with Gasteiger partial charge in [0.05, 0.1) is 13.2 Å². The number of amides is 1. The molecule has 0 N–H and O–H groups in total. The summed E-state index contributed by atoms with van der Waals surface area (Å²) in [6.07, 6.45) is -1.31. The zero-order chi connectivity index (χ0) is 18.6. The predicted octanol–water partition coefficient (Wildman–Crippen LogP) is 2.56. The molecular formula is C21H21NO5. The van der Waals surface area contributed by atoms with Gasteiger partial charge in [-0.15, -0.1) is 0 Å². The van der Waals surface area contributed by atoms with Gasteiger partial charge >= 0.3 is 6.09 Å². The normalized spacial score (nSPS) is 24.1. The van der Waals surface area contributed by atoms with Crippen LogP contribution in [0.4, 0.5) is 4.79 Å². The van der Waals surface area contributed by atoms with E-state index in [4.69, 9.17) is 14.2 Å². The molecule has 6 heteroatoms. The van der Waals surface area contributed by atoms with Gasteiger partial charge in [0.1, 0.15) is 31.5 Å². The number of likely N-dealkylation sites (tertiary alicyclic amines) is 1. The first-order valence-corrected chi connectivity index (χ1v) is 8.99. The number of rotatable bonds is 5. The van der Waals surface area contributed by atoms with Crippen LogP contribution < -0.4 is 0 Å². The second-order valence-corrected chi connectivity index (χ2v) is 6.71. The van der Waals surface area contributed by atoms with Crippen LogP contribution >= 0.6 is 0 Å². The molecule has 2 aromatic rings. The van der Waals surface area contributed by atoms with Crippen molar-refractivity contribution in [2.75, 3.05) is 13.2 Å². The van der Waals surface area contributed by atoms with Crippen molar-refractivity contribution in [1.29, 1.82) is 0 Å². The summed E-state index contributed by atoms with van der Waals surface area (Å²) in [6.45, 7) is 0.849. The number of nitrogens with zero attached hydrogens (tertiary/aromatic N) is 1. The summed E-state index contributed by atoms with van der Waals surface area (Å²) >= 11 is 0. The number of Topliss-reactive ketones (excluding diaryl/α,β-unsaturated/α-hetero) is 1. The number of hydrogen-bond acceptors (Lipinski definition) is 5. The summed E-state index contributed by atoms with van der Waals surface area (Å²) in [5, 5.41) is 0. The second-order valence-electron chi connectivity index (χ2n) is 6.71. The lowest BCUT2D eigenvalue weighted by Crippen LogP contribution is -2.42. The Labute approximate surface area is 157 Å². The van der Waals surface area contributed by atoms with Crippen LogP contribution in [0.2, 0.25) is 0 Å². The molecule has 1 unspecified atom stereocenters. The van der Waals surface area contributed by atoms with Gasteiger partial charge in [-0.2, -0.15) is 0 Å². The van der Waals surface area contributed by atoms with Gasteiger partial charge in [0.25, 0.3) is 0 Å². The van der Waals surface area contributed by atoms with E-state index in [0.29, 0.717) is 6.61 Å². The topological polar surface area (TPSA) is 65.1 Å². The van der Waals surface area contributed by atoms with Gasteiger partial charge in [0.15, 0.2) is 5.78 Å². The van der Waals surface area contributed by atoms with Crippen molar-refractivity contribution in [2.24, 2.45) is 0 Å². The van der Waals surface area contributed by atoms with Crippen LogP contribution in [0.15, 0.2) is 60.7 Å². The third kappa shape index (κ3) is 3.86. The van der Waals surface area contributed by atoms with Gasteiger partial charge < -0.3 is 14.2 Å². The van der Waals surface area contributed by atoms with E-state index in [1.165, 1.54) is 4.90 Å². The summed E-state index contributed by atoms with van der Waals surface area (Å²) in [5.74, 6) is -0.109. The van der Waals surface area contributed by atoms with Crippen molar-refractivity contribution in [3.8, 4) is 0 Å². The third-order valence-corrected chi connectivity index (χ3v) is 4.88. The molecule has 1 amide bonds. The van der Waals surface area contributed by atoms with Gasteiger partial charge in [0, 0.05) is 0 Å². The zero-order valence-electron chi connectivity index (χ0n) is 14.8. The molecule has 2 saturated heterocycles. The standard InChI is InChI=1S/C21H21NO5/c23-17-14-26-20-18(25-12-15-7-3-1-4-8-15)11-22(19(17)20)21(24)27-13-16-9-5-2-6-10-16/h1-10,18-20H,11-14H2/t18?,19-,20-/m1/s1. The van der Waals surface area contributed by atoms with Gasteiger partial charge in [-0.05, 0) is 11.1 Å². The minimum absolute atomic E-state index is 0.00297. The van der Waals surface area contributed by atoms with Gasteiger partial charge in [-0.3, -0.25) is 9.69 Å². The fraction of sp³-hybridized carbons (Fsp3) is 0.333. The molecular weight excluding hydrogens is 346 g/mol. The Kier molecular flexibility index (Phi) is 5.18. The Morgan fingerprint density at radius 3 is 2.30 bits per heavy atom. The summed E-state index contributed by atoms with van der Waals surface area (Å²) in [5.41, 5.74) is 1.93. The minimum Gasteiger partial charge on any atom is -0.445 e. The maximum Gasteiger partial charge on any atom is 0.410 e. The first-order chi connectivity index (χ1) is 13.2. The molecule has 0 spiro atoms. The van der Waals surface area contributed by atoms with Crippen LogP contribution in [0.3, 0.4) is 0 Å². The van der Waals surface area contributed by atoms with E-state index in [1.54, 1.807) is 0 Å². The molecule has 2 fully saturated rings. The van der Waals surface area contributed by atoms with E-state index >= 15 is 0 Å². The summed E-state index contributed by atoms with van der Waals surface area (Å²) < 4.78 is 17.0. The largest absolute Gasteiger partial charge is 0.445 e. The van der Waals surface area contributed by atoms with Crippen LogP contribution in [0.1, 0.15) is 11.1 Å². The fourth-order valence-electron chi connectivity index (χ4n) is 3.53. The average Bonchev–Trinajstić information content (AvgIpc) is 3.27. The highest BCUT2D eigenvalue weighted by Crippen LogP contribution is 2.30. The number of ether oxygens (including phenoxy) is 3. The van der Waals surface area contributed by atoms with Gasteiger partial charge in [-0.25, -0.2) is 4.79 Å².